The largest absolute Gasteiger partial charge is 0.394 e. The summed E-state index contributed by atoms with van der Waals surface area (Å²) in [5.41, 5.74) is 0. The summed E-state index contributed by atoms with van der Waals surface area (Å²) in [7, 11) is 1.61. The summed E-state index contributed by atoms with van der Waals surface area (Å²) in [5, 5.41) is 24.9. The van der Waals surface area contributed by atoms with E-state index in [9.17, 15) is 0 Å². The Morgan fingerprint density at radius 3 is 1.94 bits per heavy atom. The van der Waals surface area contributed by atoms with Crippen LogP contribution in [0, 0.1) is 0 Å². The molecule has 0 spiro atoms. The third-order valence-corrected chi connectivity index (χ3v) is 1.26. The molecule has 0 rings (SSSR count). The third kappa shape index (κ3) is 23.5. The molecule has 0 aliphatic heterocycles. The molecule has 0 radical (unpaired) electrons. The van der Waals surface area contributed by atoms with Gasteiger partial charge in [0.25, 0.3) is 0 Å². The van der Waals surface area contributed by atoms with Crippen LogP contribution in [0.4, 0.5) is 0 Å². The maximum Gasteiger partial charge on any atom is 0.0745 e. The molecule has 0 fully saturated rings. The number of aliphatic hydroxyl groups is 3. The Morgan fingerprint density at radius 2 is 1.50 bits per heavy atom. The Hall–Kier alpha value is -0.240. The molecule has 0 bridgehead atoms. The molecule has 1 unspecified atom stereocenters. The average Bonchev–Trinajstić information content (AvgIpc) is 2.25. The number of aliphatic hydroxyl groups excluding tert-OH is 3. The molecular weight excluding hydrogens is 216 g/mol. The van der Waals surface area contributed by atoms with E-state index in [1.54, 1.807) is 14.0 Å². The Morgan fingerprint density at radius 1 is 0.938 bits per heavy atom. The first kappa shape index (κ1) is 18.1. The minimum Gasteiger partial charge on any atom is -0.394 e. The molecule has 6 nitrogen and oxygen atoms in total. The molecule has 0 saturated heterocycles. The Bertz CT molecular complexity index is 103. The highest BCUT2D eigenvalue weighted by Gasteiger charge is 1.92. The fourth-order valence-electron chi connectivity index (χ4n) is 0.627. The number of methoxy groups -OCH3 is 1. The predicted octanol–water partition coefficient (Wildman–Crippen LogP) is -0.982. The van der Waals surface area contributed by atoms with Crippen LogP contribution in [0.3, 0.4) is 0 Å². The van der Waals surface area contributed by atoms with E-state index in [2.05, 4.69) is 4.74 Å². The first-order valence-electron chi connectivity index (χ1n) is 5.23. The quantitative estimate of drug-likeness (QED) is 0.449. The predicted molar refractivity (Wildman–Crippen MR) is 59.4 cm³/mol. The van der Waals surface area contributed by atoms with Crippen molar-refractivity contribution in [2.24, 2.45) is 0 Å². The van der Waals surface area contributed by atoms with Gasteiger partial charge in [-0.15, -0.1) is 0 Å². The average molecular weight is 240 g/mol. The number of ether oxygens (including phenoxy) is 3. The van der Waals surface area contributed by atoms with Gasteiger partial charge in [0.15, 0.2) is 0 Å². The lowest BCUT2D eigenvalue weighted by Gasteiger charge is -2.02. The molecule has 6 heteroatoms. The van der Waals surface area contributed by atoms with Crippen LogP contribution in [-0.2, 0) is 14.2 Å². The first-order valence-corrected chi connectivity index (χ1v) is 5.23. The van der Waals surface area contributed by atoms with Crippen molar-refractivity contribution in [2.45, 2.75) is 13.0 Å². The maximum absolute atomic E-state index is 8.57. The van der Waals surface area contributed by atoms with Gasteiger partial charge in [-0.05, 0) is 6.92 Å². The summed E-state index contributed by atoms with van der Waals surface area (Å²) >= 11 is 0. The molecule has 100 valence electrons. The zero-order valence-electron chi connectivity index (χ0n) is 10.1. The summed E-state index contributed by atoms with van der Waals surface area (Å²) in [6.45, 7) is 3.93. The van der Waals surface area contributed by atoms with E-state index in [1.165, 1.54) is 0 Å². The van der Waals surface area contributed by atoms with Gasteiger partial charge in [-0.2, -0.15) is 0 Å². The van der Waals surface area contributed by atoms with Gasteiger partial charge in [-0.3, -0.25) is 0 Å². The molecule has 0 aromatic rings. The zero-order valence-corrected chi connectivity index (χ0v) is 10.1. The van der Waals surface area contributed by atoms with Crippen LogP contribution in [-0.4, -0.2) is 74.8 Å². The third-order valence-electron chi connectivity index (χ3n) is 1.26. The first-order chi connectivity index (χ1) is 7.68. The van der Waals surface area contributed by atoms with Crippen molar-refractivity contribution in [2.75, 3.05) is 53.4 Å². The summed E-state index contributed by atoms with van der Waals surface area (Å²) in [5.74, 6) is 0. The van der Waals surface area contributed by atoms with Crippen molar-refractivity contribution < 1.29 is 29.5 Å². The molecule has 1 atom stereocenters. The van der Waals surface area contributed by atoms with Gasteiger partial charge >= 0.3 is 0 Å². The second kappa shape index (κ2) is 17.2. The van der Waals surface area contributed by atoms with Crippen molar-refractivity contribution >= 4 is 0 Å². The van der Waals surface area contributed by atoms with Gasteiger partial charge in [0.05, 0.1) is 52.4 Å². The second-order valence-electron chi connectivity index (χ2n) is 2.98. The molecule has 0 saturated carbocycles. The lowest BCUT2D eigenvalue weighted by Crippen LogP contribution is -2.12. The zero-order chi connectivity index (χ0) is 12.6. The molecule has 0 amide bonds. The molecule has 0 aliphatic rings. The highest BCUT2D eigenvalue weighted by molar-refractivity contribution is 4.39. The van der Waals surface area contributed by atoms with Crippen LogP contribution in [0.5, 0.6) is 0 Å². The number of hydrogen-bond acceptors (Lipinski definition) is 6. The SMILES string of the molecule is CC(O)COCCO.COCCOCCO. The van der Waals surface area contributed by atoms with Crippen LogP contribution < -0.4 is 0 Å². The highest BCUT2D eigenvalue weighted by Crippen LogP contribution is 1.80. The van der Waals surface area contributed by atoms with E-state index in [0.717, 1.165) is 0 Å². The molecule has 16 heavy (non-hydrogen) atoms. The van der Waals surface area contributed by atoms with Gasteiger partial charge < -0.3 is 29.5 Å². The summed E-state index contributed by atoms with van der Waals surface area (Å²) in [6.07, 6.45) is -0.429. The summed E-state index contributed by atoms with van der Waals surface area (Å²) in [4.78, 5) is 0. The van der Waals surface area contributed by atoms with Gasteiger partial charge in [0, 0.05) is 7.11 Å². The monoisotopic (exact) mass is 240 g/mol. The Balaban J connectivity index is 0. The minimum absolute atomic E-state index is 0.0206. The molecule has 3 N–H and O–H groups in total. The lowest BCUT2D eigenvalue weighted by atomic mass is 10.4. The lowest BCUT2D eigenvalue weighted by molar-refractivity contribution is 0.0292. The van der Waals surface area contributed by atoms with Gasteiger partial charge in [0.1, 0.15) is 0 Å². The molecule has 0 aromatic heterocycles. The van der Waals surface area contributed by atoms with E-state index < -0.39 is 6.10 Å². The highest BCUT2D eigenvalue weighted by atomic mass is 16.5. The number of hydrogen-bond donors (Lipinski definition) is 3. The van der Waals surface area contributed by atoms with Crippen molar-refractivity contribution in [3.8, 4) is 0 Å². The van der Waals surface area contributed by atoms with Gasteiger partial charge in [0.2, 0.25) is 0 Å². The Labute approximate surface area is 96.8 Å². The van der Waals surface area contributed by atoms with E-state index in [-0.39, 0.29) is 13.2 Å². The summed E-state index contributed by atoms with van der Waals surface area (Å²) < 4.78 is 14.3. The smallest absolute Gasteiger partial charge is 0.0745 e. The van der Waals surface area contributed by atoms with Crippen molar-refractivity contribution in [1.29, 1.82) is 0 Å². The standard InChI is InChI=1S/2C5H12O3/c1-7-4-5-8-3-2-6;1-5(7)4-8-3-2-6/h6H,2-5H2,1H3;5-7H,2-4H2,1H3. The van der Waals surface area contributed by atoms with Crippen LogP contribution in [0.2, 0.25) is 0 Å². The van der Waals surface area contributed by atoms with Gasteiger partial charge in [-0.1, -0.05) is 0 Å². The fourth-order valence-corrected chi connectivity index (χ4v) is 0.627. The van der Waals surface area contributed by atoms with E-state index in [0.29, 0.717) is 33.0 Å². The normalized spacial score (nSPS) is 11.8. The minimum atomic E-state index is -0.429. The molecule has 0 aromatic carbocycles. The summed E-state index contributed by atoms with van der Waals surface area (Å²) in [6, 6.07) is 0. The maximum atomic E-state index is 8.57. The van der Waals surface area contributed by atoms with E-state index in [1.807, 2.05) is 0 Å². The van der Waals surface area contributed by atoms with Crippen molar-refractivity contribution in [3.63, 3.8) is 0 Å². The fraction of sp³-hybridized carbons (Fsp3) is 1.00. The number of rotatable bonds is 9. The second-order valence-corrected chi connectivity index (χ2v) is 2.98. The van der Waals surface area contributed by atoms with Crippen LogP contribution in [0.1, 0.15) is 6.92 Å². The van der Waals surface area contributed by atoms with Crippen LogP contribution in [0.25, 0.3) is 0 Å². The molecule has 0 aliphatic carbocycles. The molecular formula is C10H24O6. The van der Waals surface area contributed by atoms with Crippen LogP contribution in [0.15, 0.2) is 0 Å². The van der Waals surface area contributed by atoms with Crippen LogP contribution >= 0.6 is 0 Å². The topological polar surface area (TPSA) is 88.4 Å². The Kier molecular flexibility index (Phi) is 19.5. The van der Waals surface area contributed by atoms with Crippen molar-refractivity contribution in [3.05, 3.63) is 0 Å². The van der Waals surface area contributed by atoms with Crippen molar-refractivity contribution in [1.82, 2.24) is 0 Å². The van der Waals surface area contributed by atoms with Gasteiger partial charge in [-0.25, -0.2) is 0 Å². The molecule has 0 heterocycles. The van der Waals surface area contributed by atoms with E-state index >= 15 is 0 Å². The van der Waals surface area contributed by atoms with E-state index in [4.69, 9.17) is 24.8 Å².